The van der Waals surface area contributed by atoms with Crippen molar-refractivity contribution in [3.63, 3.8) is 0 Å². The highest BCUT2D eigenvalue weighted by Crippen LogP contribution is 2.24. The minimum atomic E-state index is -0.503. The molecule has 0 bridgehead atoms. The van der Waals surface area contributed by atoms with E-state index in [0.29, 0.717) is 35.6 Å². The number of benzene rings is 2. The molecule has 0 saturated carbocycles. The molecule has 0 atom stereocenters. The second-order valence-electron chi connectivity index (χ2n) is 6.95. The molecule has 6 nitrogen and oxygen atoms in total. The van der Waals surface area contributed by atoms with Crippen molar-refractivity contribution >= 4 is 11.2 Å². The van der Waals surface area contributed by atoms with Crippen molar-refractivity contribution < 1.29 is 4.39 Å². The molecule has 1 N–H and O–H groups in total. The molecule has 0 unspecified atom stereocenters. The molecule has 0 spiro atoms. The summed E-state index contributed by atoms with van der Waals surface area (Å²) in [6.07, 6.45) is 1.78. The van der Waals surface area contributed by atoms with Crippen LogP contribution in [0.25, 0.3) is 22.6 Å². The van der Waals surface area contributed by atoms with Gasteiger partial charge in [-0.3, -0.25) is 14.3 Å². The van der Waals surface area contributed by atoms with Crippen molar-refractivity contribution in [1.29, 1.82) is 0 Å². The van der Waals surface area contributed by atoms with E-state index in [-0.39, 0.29) is 5.82 Å². The smallest absolute Gasteiger partial charge is 0.318 e. The van der Waals surface area contributed by atoms with E-state index in [1.807, 2.05) is 34.9 Å². The Morgan fingerprint density at radius 1 is 1.00 bits per heavy atom. The number of aryl methyl sites for hydroxylation is 1. The summed E-state index contributed by atoms with van der Waals surface area (Å²) in [7, 11) is 0. The van der Waals surface area contributed by atoms with Crippen LogP contribution in [0.3, 0.4) is 0 Å². The van der Waals surface area contributed by atoms with Crippen LogP contribution in [0.2, 0.25) is 0 Å². The third-order valence-electron chi connectivity index (χ3n) is 4.91. The zero-order valence-corrected chi connectivity index (χ0v) is 16.1. The summed E-state index contributed by atoms with van der Waals surface area (Å²) < 4.78 is 16.7. The molecular weight excluding hydrogens is 371 g/mol. The highest BCUT2D eigenvalue weighted by atomic mass is 19.1. The van der Waals surface area contributed by atoms with Crippen LogP contribution in [0.5, 0.6) is 0 Å². The van der Waals surface area contributed by atoms with Crippen molar-refractivity contribution in [2.75, 3.05) is 0 Å². The van der Waals surface area contributed by atoms with Gasteiger partial charge in [0.05, 0.1) is 6.54 Å². The molecule has 2 aromatic heterocycles. The third kappa shape index (κ3) is 3.63. The van der Waals surface area contributed by atoms with Crippen molar-refractivity contribution in [2.24, 2.45) is 0 Å². The fourth-order valence-corrected chi connectivity index (χ4v) is 3.44. The zero-order valence-electron chi connectivity index (χ0n) is 16.1. The molecule has 4 rings (SSSR count). The van der Waals surface area contributed by atoms with Crippen LogP contribution in [0.1, 0.15) is 25.3 Å². The summed E-state index contributed by atoms with van der Waals surface area (Å²) in [5, 5.41) is 0. The number of nitrogens with one attached hydrogen (secondary N) is 1. The van der Waals surface area contributed by atoms with Gasteiger partial charge in [-0.2, -0.15) is 0 Å². The fourth-order valence-electron chi connectivity index (χ4n) is 3.44. The van der Waals surface area contributed by atoms with Crippen molar-refractivity contribution in [2.45, 2.75) is 32.9 Å². The first-order valence-corrected chi connectivity index (χ1v) is 9.61. The molecule has 0 aliphatic rings. The van der Waals surface area contributed by atoms with Gasteiger partial charge in [-0.15, -0.1) is 0 Å². The third-order valence-corrected chi connectivity index (χ3v) is 4.91. The van der Waals surface area contributed by atoms with Crippen molar-refractivity contribution in [1.82, 2.24) is 19.1 Å². The highest BCUT2D eigenvalue weighted by Gasteiger charge is 2.19. The molecule has 29 heavy (non-hydrogen) atoms. The first-order valence-electron chi connectivity index (χ1n) is 9.61. The van der Waals surface area contributed by atoms with Gasteiger partial charge in [-0.25, -0.2) is 14.2 Å². The van der Waals surface area contributed by atoms with Crippen LogP contribution in [0.15, 0.2) is 64.2 Å². The number of H-pyrrole nitrogens is 1. The largest absolute Gasteiger partial charge is 0.330 e. The van der Waals surface area contributed by atoms with Gasteiger partial charge in [-0.1, -0.05) is 43.7 Å². The van der Waals surface area contributed by atoms with Crippen LogP contribution < -0.4 is 11.2 Å². The van der Waals surface area contributed by atoms with Crippen LogP contribution >= 0.6 is 0 Å². The Morgan fingerprint density at radius 3 is 2.41 bits per heavy atom. The van der Waals surface area contributed by atoms with Gasteiger partial charge < -0.3 is 4.57 Å². The van der Waals surface area contributed by atoms with Gasteiger partial charge in [0.1, 0.15) is 11.6 Å². The topological polar surface area (TPSA) is 72.7 Å². The number of aromatic nitrogens is 4. The molecule has 0 aliphatic heterocycles. The maximum absolute atomic E-state index is 13.4. The Balaban J connectivity index is 1.97. The number of hydrogen-bond acceptors (Lipinski definition) is 3. The second kappa shape index (κ2) is 7.87. The van der Waals surface area contributed by atoms with Gasteiger partial charge in [0.15, 0.2) is 11.2 Å². The van der Waals surface area contributed by atoms with E-state index in [4.69, 9.17) is 0 Å². The molecule has 0 fully saturated rings. The molecule has 7 heteroatoms. The molecule has 2 heterocycles. The Kier molecular flexibility index (Phi) is 5.12. The van der Waals surface area contributed by atoms with E-state index in [1.165, 1.54) is 16.7 Å². The van der Waals surface area contributed by atoms with E-state index in [0.717, 1.165) is 18.4 Å². The Bertz CT molecular complexity index is 1250. The summed E-state index contributed by atoms with van der Waals surface area (Å²) in [4.78, 5) is 32.4. The lowest BCUT2D eigenvalue weighted by Crippen LogP contribution is -2.31. The number of nitrogens with zero attached hydrogens (tertiary/aromatic N) is 3. The van der Waals surface area contributed by atoms with E-state index in [9.17, 15) is 14.0 Å². The van der Waals surface area contributed by atoms with Crippen molar-refractivity contribution in [3.05, 3.63) is 86.8 Å². The molecule has 2 aromatic carbocycles. The molecule has 0 amide bonds. The minimum absolute atomic E-state index is 0.292. The maximum atomic E-state index is 13.4. The second-order valence-corrected chi connectivity index (χ2v) is 6.95. The monoisotopic (exact) mass is 392 g/mol. The molecular formula is C22H21FN4O2. The fraction of sp³-hybridized carbons (Fsp3) is 0.227. The number of halogens is 1. The summed E-state index contributed by atoms with van der Waals surface area (Å²) in [5.74, 6) is 0.204. The average Bonchev–Trinajstić information content (AvgIpc) is 3.10. The Labute approximate surface area is 166 Å². The number of unbranched alkanes of at least 4 members (excludes halogenated alkanes) is 1. The Morgan fingerprint density at radius 2 is 1.72 bits per heavy atom. The summed E-state index contributed by atoms with van der Waals surface area (Å²) in [6, 6.07) is 15.5. The van der Waals surface area contributed by atoms with Gasteiger partial charge in [0, 0.05) is 12.1 Å². The van der Waals surface area contributed by atoms with Crippen LogP contribution in [0.4, 0.5) is 4.39 Å². The number of fused-ring (bicyclic) bond motifs is 1. The van der Waals surface area contributed by atoms with Gasteiger partial charge in [0.2, 0.25) is 0 Å². The molecule has 4 aromatic rings. The SMILES string of the molecule is CCCCn1c(-c2ccc(F)cc2)nc2c1c(=O)[nH]c(=O)n2Cc1ccccc1. The van der Waals surface area contributed by atoms with Crippen LogP contribution in [-0.4, -0.2) is 19.1 Å². The normalized spacial score (nSPS) is 11.2. The summed E-state index contributed by atoms with van der Waals surface area (Å²) in [6.45, 7) is 2.93. The minimum Gasteiger partial charge on any atom is -0.318 e. The van der Waals surface area contributed by atoms with E-state index in [1.54, 1.807) is 12.1 Å². The van der Waals surface area contributed by atoms with Gasteiger partial charge >= 0.3 is 5.69 Å². The lowest BCUT2D eigenvalue weighted by atomic mass is 10.2. The first kappa shape index (κ1) is 18.9. The summed E-state index contributed by atoms with van der Waals surface area (Å²) >= 11 is 0. The number of rotatable bonds is 6. The lowest BCUT2D eigenvalue weighted by Gasteiger charge is -2.09. The van der Waals surface area contributed by atoms with E-state index in [2.05, 4.69) is 16.9 Å². The quantitative estimate of drug-likeness (QED) is 0.545. The number of hydrogen-bond donors (Lipinski definition) is 1. The van der Waals surface area contributed by atoms with Gasteiger partial charge in [0.25, 0.3) is 5.56 Å². The lowest BCUT2D eigenvalue weighted by molar-refractivity contribution is 0.627. The summed E-state index contributed by atoms with van der Waals surface area (Å²) in [5.41, 5.74) is 1.33. The van der Waals surface area contributed by atoms with Crippen molar-refractivity contribution in [3.8, 4) is 11.4 Å². The standard InChI is InChI=1S/C22H21FN4O2/c1-2-3-13-26-18-20(24-19(26)16-9-11-17(23)12-10-16)27(22(29)25-21(18)28)14-15-7-5-4-6-8-15/h4-12H,2-3,13-14H2,1H3,(H,25,28,29). The molecule has 0 radical (unpaired) electrons. The average molecular weight is 392 g/mol. The zero-order chi connectivity index (χ0) is 20.4. The molecule has 0 saturated heterocycles. The first-order chi connectivity index (χ1) is 14.1. The number of imidazole rings is 1. The van der Waals surface area contributed by atoms with Gasteiger partial charge in [-0.05, 0) is 36.2 Å². The predicted octanol–water partition coefficient (Wildman–Crippen LogP) is 3.54. The van der Waals surface area contributed by atoms with E-state index >= 15 is 0 Å². The maximum Gasteiger partial charge on any atom is 0.330 e. The predicted molar refractivity (Wildman–Crippen MR) is 110 cm³/mol. The van der Waals surface area contributed by atoms with Crippen LogP contribution in [-0.2, 0) is 13.1 Å². The Hall–Kier alpha value is -3.48. The highest BCUT2D eigenvalue weighted by molar-refractivity contribution is 5.77. The van der Waals surface area contributed by atoms with E-state index < -0.39 is 11.2 Å². The van der Waals surface area contributed by atoms with Crippen LogP contribution in [0, 0.1) is 5.82 Å². The number of aromatic amines is 1. The molecule has 148 valence electrons. The molecule has 0 aliphatic carbocycles.